The number of aromatic nitrogens is 4. The molecule has 8 heteroatoms. The summed E-state index contributed by atoms with van der Waals surface area (Å²) < 4.78 is 1.98. The number of fused-ring (bicyclic) bond motifs is 3. The van der Waals surface area contributed by atoms with Gasteiger partial charge in [-0.3, -0.25) is 0 Å². The molecule has 0 amide bonds. The fourth-order valence-electron chi connectivity index (χ4n) is 5.39. The van der Waals surface area contributed by atoms with Gasteiger partial charge >= 0.3 is 5.69 Å². The SMILES string of the molecule is O=c1[nH]c2ccc(C3CC4CC(c5ccnn5-c5cccc6c5C=C=CC=C6)=CC(Cl)=C4N=N3)cc2[nH]1. The third-order valence-electron chi connectivity index (χ3n) is 7.15. The number of H-pyrrole nitrogens is 2. The lowest BCUT2D eigenvalue weighted by Crippen LogP contribution is -2.17. The Kier molecular flexibility index (Phi) is 5.06. The maximum atomic E-state index is 11.7. The third-order valence-corrected chi connectivity index (χ3v) is 7.45. The predicted octanol–water partition coefficient (Wildman–Crippen LogP) is 6.69. The summed E-state index contributed by atoms with van der Waals surface area (Å²) in [5, 5.41) is 14.4. The maximum absolute atomic E-state index is 11.7. The van der Waals surface area contributed by atoms with Crippen LogP contribution in [0.15, 0.2) is 98.4 Å². The number of allylic oxidation sites excluding steroid dienone is 6. The highest BCUT2D eigenvalue weighted by atomic mass is 35.5. The molecule has 3 aliphatic rings. The molecule has 0 radical (unpaired) electrons. The van der Waals surface area contributed by atoms with Gasteiger partial charge in [-0.2, -0.15) is 15.3 Å². The number of nitrogens with one attached hydrogen (secondary N) is 2. The first-order valence-corrected chi connectivity index (χ1v) is 12.5. The van der Waals surface area contributed by atoms with E-state index in [0.717, 1.165) is 63.2 Å². The number of halogens is 1. The van der Waals surface area contributed by atoms with E-state index in [1.165, 1.54) is 0 Å². The minimum absolute atomic E-state index is 0.112. The summed E-state index contributed by atoms with van der Waals surface area (Å²) >= 11 is 6.76. The second-order valence-corrected chi connectivity index (χ2v) is 9.81. The van der Waals surface area contributed by atoms with Crippen molar-refractivity contribution in [2.75, 3.05) is 0 Å². The minimum atomic E-state index is -0.217. The van der Waals surface area contributed by atoms with Gasteiger partial charge in [-0.25, -0.2) is 9.48 Å². The quantitative estimate of drug-likeness (QED) is 0.304. The van der Waals surface area contributed by atoms with E-state index < -0.39 is 0 Å². The fraction of sp³-hybridized carbons (Fsp3) is 0.138. The van der Waals surface area contributed by atoms with Crippen LogP contribution >= 0.6 is 11.6 Å². The van der Waals surface area contributed by atoms with Gasteiger partial charge in [0.05, 0.1) is 45.4 Å². The van der Waals surface area contributed by atoms with Gasteiger partial charge in [-0.05, 0) is 72.0 Å². The van der Waals surface area contributed by atoms with Crippen molar-refractivity contribution >= 4 is 40.4 Å². The Bertz CT molecular complexity index is 1820. The first kappa shape index (κ1) is 21.8. The minimum Gasteiger partial charge on any atom is -0.306 e. The molecule has 2 unspecified atom stereocenters. The van der Waals surface area contributed by atoms with Crippen molar-refractivity contribution in [3.05, 3.63) is 116 Å². The van der Waals surface area contributed by atoms with Gasteiger partial charge < -0.3 is 9.97 Å². The fourth-order valence-corrected chi connectivity index (χ4v) is 5.71. The van der Waals surface area contributed by atoms with Gasteiger partial charge in [0.25, 0.3) is 0 Å². The summed E-state index contributed by atoms with van der Waals surface area (Å²) in [6.07, 6.45) is 13.4. The molecule has 7 rings (SSSR count). The van der Waals surface area contributed by atoms with Crippen molar-refractivity contribution in [1.82, 2.24) is 19.7 Å². The van der Waals surface area contributed by atoms with Crippen LogP contribution in [-0.4, -0.2) is 19.7 Å². The number of azo groups is 1. The van der Waals surface area contributed by atoms with E-state index >= 15 is 0 Å². The summed E-state index contributed by atoms with van der Waals surface area (Å²) in [6, 6.07) is 14.0. The lowest BCUT2D eigenvalue weighted by atomic mass is 9.83. The monoisotopic (exact) mass is 504 g/mol. The predicted molar refractivity (Wildman–Crippen MR) is 145 cm³/mol. The van der Waals surface area contributed by atoms with Crippen molar-refractivity contribution < 1.29 is 0 Å². The van der Waals surface area contributed by atoms with E-state index in [-0.39, 0.29) is 17.6 Å². The number of benzene rings is 2. The van der Waals surface area contributed by atoms with E-state index in [4.69, 9.17) is 11.6 Å². The number of nitrogens with zero attached hydrogens (tertiary/aromatic N) is 4. The summed E-state index contributed by atoms with van der Waals surface area (Å²) in [4.78, 5) is 17.3. The maximum Gasteiger partial charge on any atom is 0.323 e. The smallest absolute Gasteiger partial charge is 0.306 e. The molecule has 180 valence electrons. The number of rotatable bonds is 3. The van der Waals surface area contributed by atoms with Crippen LogP contribution in [0.4, 0.5) is 0 Å². The molecule has 2 aliphatic carbocycles. The van der Waals surface area contributed by atoms with Crippen LogP contribution in [0.1, 0.15) is 41.3 Å². The van der Waals surface area contributed by atoms with Crippen molar-refractivity contribution in [2.24, 2.45) is 16.1 Å². The molecule has 1 aliphatic heterocycles. The normalized spacial score (nSPS) is 20.2. The molecule has 2 atom stereocenters. The van der Waals surface area contributed by atoms with Gasteiger partial charge in [0.2, 0.25) is 0 Å². The van der Waals surface area contributed by atoms with E-state index in [0.29, 0.717) is 5.03 Å². The highest BCUT2D eigenvalue weighted by Gasteiger charge is 2.32. The first-order chi connectivity index (χ1) is 18.1. The lowest BCUT2D eigenvalue weighted by molar-refractivity contribution is 0.442. The van der Waals surface area contributed by atoms with E-state index in [9.17, 15) is 4.79 Å². The van der Waals surface area contributed by atoms with Crippen LogP contribution < -0.4 is 5.69 Å². The zero-order chi connectivity index (χ0) is 24.9. The second kappa shape index (κ2) is 8.59. The van der Waals surface area contributed by atoms with Crippen LogP contribution in [-0.2, 0) is 0 Å². The molecule has 2 aromatic carbocycles. The Morgan fingerprint density at radius 2 is 2.03 bits per heavy atom. The number of hydrogen-bond donors (Lipinski definition) is 2. The zero-order valence-electron chi connectivity index (χ0n) is 19.6. The van der Waals surface area contributed by atoms with Crippen molar-refractivity contribution in [1.29, 1.82) is 0 Å². The molecule has 0 saturated heterocycles. The summed E-state index contributed by atoms with van der Waals surface area (Å²) in [5.41, 5.74) is 11.7. The number of aromatic amines is 2. The number of imidazole rings is 1. The van der Waals surface area contributed by atoms with Gasteiger partial charge in [-0.1, -0.05) is 42.0 Å². The molecule has 0 spiro atoms. The van der Waals surface area contributed by atoms with Gasteiger partial charge in [-0.15, -0.1) is 5.73 Å². The lowest BCUT2D eigenvalue weighted by Gasteiger charge is -2.29. The second-order valence-electron chi connectivity index (χ2n) is 9.40. The Morgan fingerprint density at radius 3 is 2.97 bits per heavy atom. The topological polar surface area (TPSA) is 91.2 Å². The standard InChI is InChI=1S/C29H21ClN6O/c30-22-14-19(26-11-12-31-36(26)27-8-4-6-17-5-2-1-3-7-21(17)27)13-20-16-24(34-35-28(20)22)18-9-10-23-25(15-18)33-29(37)32-23/h1-2,4-12,14-15,20,24H,13,16H2,(H2,32,33,37). The van der Waals surface area contributed by atoms with Crippen molar-refractivity contribution in [2.45, 2.75) is 18.9 Å². The van der Waals surface area contributed by atoms with Gasteiger partial charge in [0.1, 0.15) is 0 Å². The average molecular weight is 505 g/mol. The molecular weight excluding hydrogens is 484 g/mol. The summed E-state index contributed by atoms with van der Waals surface area (Å²) in [6.45, 7) is 0. The van der Waals surface area contributed by atoms with E-state index in [1.54, 1.807) is 0 Å². The molecule has 2 aromatic heterocycles. The summed E-state index contributed by atoms with van der Waals surface area (Å²) in [5.74, 6) is 0.123. The molecule has 7 nitrogen and oxygen atoms in total. The highest BCUT2D eigenvalue weighted by Crippen LogP contribution is 2.45. The zero-order valence-corrected chi connectivity index (χ0v) is 20.4. The molecule has 0 bridgehead atoms. The van der Waals surface area contributed by atoms with Gasteiger partial charge in [0.15, 0.2) is 0 Å². The molecular formula is C29H21ClN6O. The van der Waals surface area contributed by atoms with Crippen molar-refractivity contribution in [3.63, 3.8) is 0 Å². The molecule has 4 aromatic rings. The molecule has 3 heterocycles. The van der Waals surface area contributed by atoms with Crippen LogP contribution in [0.2, 0.25) is 0 Å². The van der Waals surface area contributed by atoms with Crippen LogP contribution in [0.25, 0.3) is 34.4 Å². The third kappa shape index (κ3) is 3.76. The molecule has 0 fully saturated rings. The molecule has 0 saturated carbocycles. The molecule has 2 N–H and O–H groups in total. The number of hydrogen-bond acceptors (Lipinski definition) is 4. The van der Waals surface area contributed by atoms with Gasteiger partial charge in [0, 0.05) is 11.5 Å². The van der Waals surface area contributed by atoms with Crippen LogP contribution in [0.5, 0.6) is 0 Å². The first-order valence-electron chi connectivity index (χ1n) is 12.1. The van der Waals surface area contributed by atoms with Crippen molar-refractivity contribution in [3.8, 4) is 5.69 Å². The van der Waals surface area contributed by atoms with E-state index in [2.05, 4.69) is 49.2 Å². The van der Waals surface area contributed by atoms with Crippen LogP contribution in [0, 0.1) is 5.92 Å². The Labute approximate surface area is 216 Å². The van der Waals surface area contributed by atoms with Crippen LogP contribution in [0.3, 0.4) is 0 Å². The highest BCUT2D eigenvalue weighted by molar-refractivity contribution is 6.32. The molecule has 37 heavy (non-hydrogen) atoms. The largest absolute Gasteiger partial charge is 0.323 e. The van der Waals surface area contributed by atoms with E-state index in [1.807, 2.05) is 65.5 Å². The Hall–Kier alpha value is -4.45. The average Bonchev–Trinajstić information content (AvgIpc) is 3.46. The Balaban J connectivity index is 1.23. The summed E-state index contributed by atoms with van der Waals surface area (Å²) in [7, 11) is 0. The Morgan fingerprint density at radius 1 is 1.11 bits per heavy atom.